The number of hydrogen-bond donors (Lipinski definition) is 2. The highest BCUT2D eigenvalue weighted by Gasteiger charge is 2.75. The lowest BCUT2D eigenvalue weighted by Gasteiger charge is -2.37. The highest BCUT2D eigenvalue weighted by Crippen LogP contribution is 2.59. The number of hydrogen-bond acceptors (Lipinski definition) is 7. The lowest BCUT2D eigenvalue weighted by molar-refractivity contribution is -0.162. The first-order valence-corrected chi connectivity index (χ1v) is 16.9. The molecule has 5 rings (SSSR count). The van der Waals surface area contributed by atoms with Crippen LogP contribution in [0.1, 0.15) is 62.7 Å². The number of allylic oxidation sites excluding steroid dienone is 1. The molecular weight excluding hydrogens is 610 g/mol. The average molecular weight is 658 g/mol. The van der Waals surface area contributed by atoms with E-state index in [1.807, 2.05) is 60.7 Å². The smallest absolute Gasteiger partial charge is 0.313 e. The predicted octanol–water partition coefficient (Wildman–Crippen LogP) is 4.10. The van der Waals surface area contributed by atoms with Crippen LogP contribution in [-0.2, 0) is 35.2 Å². The van der Waals surface area contributed by atoms with Crippen molar-refractivity contribution in [3.05, 3.63) is 97.1 Å². The number of aliphatic hydroxyl groups is 1. The standard InChI is InChI=1S/C38H47N3O7/c1-4-6-19-30(43)39-26(3)33(28-17-11-8-12-18-28)47-37(46)31-29-20-21-38(48-29)32(31)35(44)41(23-13-14-24-42)34(38)36(45)40(22-5-2)25-27-15-9-7-10-16-27/h4-5,7-12,15-18,26,29,31-34,42H,1-2,6,13-14,19-25H2,3H3,(H,39,43)/t26-,29-,31+,32+,33-,34-,38+/m0/s1. The third-order valence-electron chi connectivity index (χ3n) is 9.78. The number of nitrogens with one attached hydrogen (secondary N) is 1. The van der Waals surface area contributed by atoms with E-state index in [0.29, 0.717) is 44.2 Å². The van der Waals surface area contributed by atoms with Gasteiger partial charge in [-0.25, -0.2) is 0 Å². The van der Waals surface area contributed by atoms with Crippen molar-refractivity contribution in [1.82, 2.24) is 15.1 Å². The van der Waals surface area contributed by atoms with Gasteiger partial charge >= 0.3 is 5.97 Å². The number of carbonyl (C=O) groups is 4. The third-order valence-corrected chi connectivity index (χ3v) is 9.78. The highest BCUT2D eigenvalue weighted by molar-refractivity contribution is 5.98. The second kappa shape index (κ2) is 15.7. The van der Waals surface area contributed by atoms with Gasteiger partial charge in [0.25, 0.3) is 0 Å². The minimum atomic E-state index is -1.19. The quantitative estimate of drug-likeness (QED) is 0.149. The number of esters is 1. The van der Waals surface area contributed by atoms with E-state index in [1.54, 1.807) is 28.9 Å². The van der Waals surface area contributed by atoms with Gasteiger partial charge in [-0.2, -0.15) is 0 Å². The Balaban J connectivity index is 1.44. The molecule has 2 aromatic rings. The Morgan fingerprint density at radius 3 is 2.48 bits per heavy atom. The van der Waals surface area contributed by atoms with E-state index in [9.17, 15) is 24.3 Å². The number of fused-ring (bicyclic) bond motifs is 1. The van der Waals surface area contributed by atoms with Crippen LogP contribution in [0.2, 0.25) is 0 Å². The van der Waals surface area contributed by atoms with Crippen molar-refractivity contribution < 1.29 is 33.8 Å². The van der Waals surface area contributed by atoms with Gasteiger partial charge in [-0.15, -0.1) is 13.2 Å². The molecule has 48 heavy (non-hydrogen) atoms. The van der Waals surface area contributed by atoms with Crippen LogP contribution in [0.4, 0.5) is 0 Å². The van der Waals surface area contributed by atoms with Crippen LogP contribution in [0.5, 0.6) is 0 Å². The molecule has 0 radical (unpaired) electrons. The molecule has 3 heterocycles. The first kappa shape index (κ1) is 35.0. The van der Waals surface area contributed by atoms with Gasteiger partial charge in [0.2, 0.25) is 17.7 Å². The summed E-state index contributed by atoms with van der Waals surface area (Å²) in [5.41, 5.74) is 0.456. The first-order valence-electron chi connectivity index (χ1n) is 16.9. The Hall–Kier alpha value is -4.28. The summed E-state index contributed by atoms with van der Waals surface area (Å²) in [5, 5.41) is 12.4. The molecule has 3 aliphatic rings. The lowest BCUT2D eigenvalue weighted by Crippen LogP contribution is -2.56. The summed E-state index contributed by atoms with van der Waals surface area (Å²) < 4.78 is 12.9. The van der Waals surface area contributed by atoms with E-state index < -0.39 is 47.7 Å². The minimum Gasteiger partial charge on any atom is -0.455 e. The topological polar surface area (TPSA) is 125 Å². The molecule has 7 atom stereocenters. The van der Waals surface area contributed by atoms with E-state index in [1.165, 1.54) is 0 Å². The monoisotopic (exact) mass is 657 g/mol. The molecule has 0 unspecified atom stereocenters. The van der Waals surface area contributed by atoms with Crippen LogP contribution < -0.4 is 5.32 Å². The fourth-order valence-electron chi connectivity index (χ4n) is 7.64. The third kappa shape index (κ3) is 7.10. The number of amides is 3. The Morgan fingerprint density at radius 2 is 1.81 bits per heavy atom. The van der Waals surface area contributed by atoms with E-state index >= 15 is 0 Å². The summed E-state index contributed by atoms with van der Waals surface area (Å²) in [4.78, 5) is 59.1. The summed E-state index contributed by atoms with van der Waals surface area (Å²) in [5.74, 6) is -3.16. The van der Waals surface area contributed by atoms with Crippen molar-refractivity contribution in [3.8, 4) is 0 Å². The molecule has 3 saturated heterocycles. The Morgan fingerprint density at radius 1 is 1.10 bits per heavy atom. The molecular formula is C38H47N3O7. The number of carbonyl (C=O) groups excluding carboxylic acids is 4. The Labute approximate surface area is 282 Å². The second-order valence-electron chi connectivity index (χ2n) is 13.0. The molecule has 3 aliphatic heterocycles. The molecule has 2 N–H and O–H groups in total. The fourth-order valence-corrected chi connectivity index (χ4v) is 7.64. The number of nitrogens with zero attached hydrogens (tertiary/aromatic N) is 2. The maximum absolute atomic E-state index is 14.6. The molecule has 0 saturated carbocycles. The summed E-state index contributed by atoms with van der Waals surface area (Å²) in [6.07, 6.45) is 4.63. The van der Waals surface area contributed by atoms with Crippen molar-refractivity contribution in [3.63, 3.8) is 0 Å². The number of aliphatic hydroxyl groups excluding tert-OH is 1. The highest BCUT2D eigenvalue weighted by atomic mass is 16.6. The van der Waals surface area contributed by atoms with Gasteiger partial charge in [0.15, 0.2) is 0 Å². The normalized spacial score (nSPS) is 25.2. The molecule has 3 fully saturated rings. The molecule has 10 heteroatoms. The van der Waals surface area contributed by atoms with Crippen LogP contribution >= 0.6 is 0 Å². The summed E-state index contributed by atoms with van der Waals surface area (Å²) >= 11 is 0. The van der Waals surface area contributed by atoms with Crippen LogP contribution in [0.15, 0.2) is 86.0 Å². The van der Waals surface area contributed by atoms with Crippen LogP contribution in [0.25, 0.3) is 0 Å². The number of rotatable bonds is 17. The van der Waals surface area contributed by atoms with E-state index in [4.69, 9.17) is 9.47 Å². The van der Waals surface area contributed by atoms with Gasteiger partial charge in [-0.3, -0.25) is 19.2 Å². The van der Waals surface area contributed by atoms with Gasteiger partial charge in [0.05, 0.1) is 24.0 Å². The lowest BCUT2D eigenvalue weighted by atomic mass is 9.70. The minimum absolute atomic E-state index is 0.0392. The maximum atomic E-state index is 14.6. The zero-order chi connectivity index (χ0) is 34.3. The van der Waals surface area contributed by atoms with Gasteiger partial charge in [0, 0.05) is 32.7 Å². The zero-order valence-corrected chi connectivity index (χ0v) is 27.7. The predicted molar refractivity (Wildman–Crippen MR) is 180 cm³/mol. The van der Waals surface area contributed by atoms with Gasteiger partial charge < -0.3 is 29.7 Å². The van der Waals surface area contributed by atoms with Gasteiger partial charge in [-0.05, 0) is 50.2 Å². The van der Waals surface area contributed by atoms with Gasteiger partial charge in [-0.1, -0.05) is 72.8 Å². The van der Waals surface area contributed by atoms with Crippen molar-refractivity contribution in [2.24, 2.45) is 11.8 Å². The molecule has 0 aromatic heterocycles. The number of benzene rings is 2. The zero-order valence-electron chi connectivity index (χ0n) is 27.7. The molecule has 256 valence electrons. The number of unbranched alkanes of at least 4 members (excludes halogenated alkanes) is 1. The average Bonchev–Trinajstić information content (AvgIpc) is 3.74. The Kier molecular flexibility index (Phi) is 11.5. The van der Waals surface area contributed by atoms with Crippen LogP contribution in [0, 0.1) is 11.8 Å². The summed E-state index contributed by atoms with van der Waals surface area (Å²) in [7, 11) is 0. The van der Waals surface area contributed by atoms with Crippen molar-refractivity contribution in [1.29, 1.82) is 0 Å². The molecule has 2 aromatic carbocycles. The Bertz CT molecular complexity index is 1470. The van der Waals surface area contributed by atoms with Crippen molar-refractivity contribution in [2.45, 2.75) is 81.9 Å². The van der Waals surface area contributed by atoms with E-state index in [0.717, 1.165) is 5.56 Å². The van der Waals surface area contributed by atoms with Crippen molar-refractivity contribution >= 4 is 23.7 Å². The molecule has 10 nitrogen and oxygen atoms in total. The summed E-state index contributed by atoms with van der Waals surface area (Å²) in [6, 6.07) is 17.3. The van der Waals surface area contributed by atoms with Crippen molar-refractivity contribution in [2.75, 3.05) is 19.7 Å². The second-order valence-corrected chi connectivity index (χ2v) is 13.0. The number of likely N-dealkylation sites (tertiary alicyclic amines) is 1. The van der Waals surface area contributed by atoms with Gasteiger partial charge in [0.1, 0.15) is 17.7 Å². The van der Waals surface area contributed by atoms with Crippen LogP contribution in [-0.4, -0.2) is 82.1 Å². The SMILES string of the molecule is C=CCCC(=O)N[C@@H](C)[C@H](OC(=O)[C@@H]1[C@@H]2CC[C@]3(O2)[C@H](C(=O)N(CC=C)Cc2ccccc2)N(CCCCO)C(=O)[C@@H]13)c1ccccc1. The molecule has 2 bridgehead atoms. The van der Waals surface area contributed by atoms with E-state index in [-0.39, 0.29) is 43.8 Å². The summed E-state index contributed by atoms with van der Waals surface area (Å²) in [6.45, 7) is 10.1. The number of ether oxygens (including phenoxy) is 2. The molecule has 0 aliphatic carbocycles. The first-order chi connectivity index (χ1) is 23.2. The van der Waals surface area contributed by atoms with E-state index in [2.05, 4.69) is 18.5 Å². The van der Waals surface area contributed by atoms with Crippen LogP contribution in [0.3, 0.4) is 0 Å². The largest absolute Gasteiger partial charge is 0.455 e. The molecule has 3 amide bonds. The fraction of sp³-hybridized carbons (Fsp3) is 0.474. The maximum Gasteiger partial charge on any atom is 0.313 e. The molecule has 1 spiro atoms.